The van der Waals surface area contributed by atoms with Gasteiger partial charge < -0.3 is 15.5 Å². The van der Waals surface area contributed by atoms with Crippen molar-refractivity contribution < 1.29 is 4.79 Å². The average molecular weight is 239 g/mol. The van der Waals surface area contributed by atoms with Crippen molar-refractivity contribution >= 4 is 6.03 Å². The molecule has 0 aromatic heterocycles. The van der Waals surface area contributed by atoms with Gasteiger partial charge in [0, 0.05) is 19.6 Å². The predicted octanol–water partition coefficient (Wildman–Crippen LogP) is 1.57. The summed E-state index contributed by atoms with van der Waals surface area (Å²) < 4.78 is 0. The summed E-state index contributed by atoms with van der Waals surface area (Å²) in [7, 11) is 0. The second kappa shape index (κ2) is 5.71. The fourth-order valence-electron chi connectivity index (χ4n) is 2.91. The Morgan fingerprint density at radius 1 is 1.29 bits per heavy atom. The fourth-order valence-corrected chi connectivity index (χ4v) is 2.91. The van der Waals surface area contributed by atoms with Gasteiger partial charge in [-0.05, 0) is 50.6 Å². The van der Waals surface area contributed by atoms with E-state index in [9.17, 15) is 4.79 Å². The van der Waals surface area contributed by atoms with Crippen LogP contribution in [0.25, 0.3) is 0 Å². The van der Waals surface area contributed by atoms with E-state index in [1.165, 1.54) is 12.8 Å². The van der Waals surface area contributed by atoms with Gasteiger partial charge >= 0.3 is 6.03 Å². The van der Waals surface area contributed by atoms with Crippen LogP contribution < -0.4 is 10.6 Å². The van der Waals surface area contributed by atoms with Crippen molar-refractivity contribution in [1.29, 1.82) is 0 Å². The van der Waals surface area contributed by atoms with Gasteiger partial charge in [-0.3, -0.25) is 0 Å². The maximum Gasteiger partial charge on any atom is 0.317 e. The third-order valence-electron chi connectivity index (χ3n) is 4.42. The number of carbonyl (C=O) groups is 1. The Labute approximate surface area is 104 Å². The largest absolute Gasteiger partial charge is 0.337 e. The number of piperidine rings is 1. The second-order valence-corrected chi connectivity index (χ2v) is 5.46. The van der Waals surface area contributed by atoms with E-state index in [1.807, 2.05) is 4.90 Å². The van der Waals surface area contributed by atoms with Crippen molar-refractivity contribution in [2.75, 3.05) is 32.7 Å². The van der Waals surface area contributed by atoms with Gasteiger partial charge in [-0.2, -0.15) is 0 Å². The molecule has 2 heterocycles. The lowest BCUT2D eigenvalue weighted by atomic mass is 9.76. The van der Waals surface area contributed by atoms with E-state index >= 15 is 0 Å². The molecular formula is C13H25N3O. The third-order valence-corrected chi connectivity index (χ3v) is 4.42. The molecule has 0 spiro atoms. The van der Waals surface area contributed by atoms with E-state index < -0.39 is 0 Å². The summed E-state index contributed by atoms with van der Waals surface area (Å²) >= 11 is 0. The molecule has 4 nitrogen and oxygen atoms in total. The third kappa shape index (κ3) is 3.12. The van der Waals surface area contributed by atoms with Crippen molar-refractivity contribution in [3.63, 3.8) is 0 Å². The molecule has 0 atom stereocenters. The summed E-state index contributed by atoms with van der Waals surface area (Å²) in [5.41, 5.74) is 0.334. The van der Waals surface area contributed by atoms with Gasteiger partial charge in [-0.1, -0.05) is 6.92 Å². The van der Waals surface area contributed by atoms with Crippen LogP contribution in [0.15, 0.2) is 0 Å². The normalized spacial score (nSPS) is 23.7. The van der Waals surface area contributed by atoms with Crippen LogP contribution in [0.4, 0.5) is 4.79 Å². The number of urea groups is 1. The van der Waals surface area contributed by atoms with Crippen molar-refractivity contribution in [3.05, 3.63) is 0 Å². The van der Waals surface area contributed by atoms with E-state index in [4.69, 9.17) is 0 Å². The molecule has 4 heteroatoms. The van der Waals surface area contributed by atoms with Gasteiger partial charge in [0.2, 0.25) is 0 Å². The lowest BCUT2D eigenvalue weighted by Gasteiger charge is -2.37. The van der Waals surface area contributed by atoms with Crippen molar-refractivity contribution in [2.45, 2.75) is 39.0 Å². The first-order valence-corrected chi connectivity index (χ1v) is 6.99. The number of rotatable bonds is 3. The molecule has 0 saturated carbocycles. The summed E-state index contributed by atoms with van der Waals surface area (Å²) in [5, 5.41) is 6.54. The molecular weight excluding hydrogens is 214 g/mol. The molecule has 2 fully saturated rings. The summed E-state index contributed by atoms with van der Waals surface area (Å²) in [6.45, 7) is 7.15. The molecule has 2 rings (SSSR count). The van der Waals surface area contributed by atoms with Gasteiger partial charge in [0.1, 0.15) is 0 Å². The first kappa shape index (κ1) is 12.7. The Kier molecular flexibility index (Phi) is 4.26. The lowest BCUT2D eigenvalue weighted by Crippen LogP contribution is -2.47. The minimum Gasteiger partial charge on any atom is -0.337 e. The monoisotopic (exact) mass is 239 g/mol. The minimum absolute atomic E-state index is 0.147. The van der Waals surface area contributed by atoms with Gasteiger partial charge in [0.05, 0.1) is 0 Å². The van der Waals surface area contributed by atoms with Gasteiger partial charge in [0.15, 0.2) is 0 Å². The molecule has 2 N–H and O–H groups in total. The first-order valence-electron chi connectivity index (χ1n) is 6.99. The van der Waals surface area contributed by atoms with Crippen LogP contribution >= 0.6 is 0 Å². The number of carbonyl (C=O) groups excluding carboxylic acids is 1. The van der Waals surface area contributed by atoms with Crippen LogP contribution in [0, 0.1) is 5.41 Å². The highest BCUT2D eigenvalue weighted by Crippen LogP contribution is 2.31. The number of nitrogens with one attached hydrogen (secondary N) is 2. The summed E-state index contributed by atoms with van der Waals surface area (Å²) in [4.78, 5) is 13.9. The van der Waals surface area contributed by atoms with E-state index in [-0.39, 0.29) is 6.03 Å². The van der Waals surface area contributed by atoms with E-state index in [0.717, 1.165) is 52.0 Å². The standard InChI is InChI=1S/C13H25N3O/c1-2-13(5-7-14-8-6-13)11-15-12(17)16-9-3-4-10-16/h14H,2-11H2,1H3,(H,15,17). The number of hydrogen-bond acceptors (Lipinski definition) is 2. The second-order valence-electron chi connectivity index (χ2n) is 5.46. The van der Waals surface area contributed by atoms with Crippen LogP contribution in [0.5, 0.6) is 0 Å². The van der Waals surface area contributed by atoms with Crippen LogP contribution in [-0.4, -0.2) is 43.7 Å². The maximum atomic E-state index is 11.9. The van der Waals surface area contributed by atoms with Crippen LogP contribution in [0.3, 0.4) is 0 Å². The van der Waals surface area contributed by atoms with E-state index in [0.29, 0.717) is 5.41 Å². The molecule has 2 saturated heterocycles. The van der Waals surface area contributed by atoms with Crippen molar-refractivity contribution in [2.24, 2.45) is 5.41 Å². The summed E-state index contributed by atoms with van der Waals surface area (Å²) in [6, 6.07) is 0.147. The molecule has 0 aromatic rings. The quantitative estimate of drug-likeness (QED) is 0.785. The summed E-state index contributed by atoms with van der Waals surface area (Å²) in [5.74, 6) is 0. The van der Waals surface area contributed by atoms with Gasteiger partial charge in [-0.25, -0.2) is 4.79 Å². The SMILES string of the molecule is CCC1(CNC(=O)N2CCCC2)CCNCC1. The highest BCUT2D eigenvalue weighted by molar-refractivity contribution is 5.74. The van der Waals surface area contributed by atoms with Crippen LogP contribution in [0.2, 0.25) is 0 Å². The molecule has 0 aromatic carbocycles. The average Bonchev–Trinajstić information content (AvgIpc) is 2.91. The Bertz CT molecular complexity index is 255. The predicted molar refractivity (Wildman–Crippen MR) is 69.0 cm³/mol. The molecule has 0 aliphatic carbocycles. The van der Waals surface area contributed by atoms with Crippen LogP contribution in [-0.2, 0) is 0 Å². The molecule has 0 unspecified atom stereocenters. The molecule has 98 valence electrons. The molecule has 0 bridgehead atoms. The van der Waals surface area contributed by atoms with E-state index in [1.54, 1.807) is 0 Å². The molecule has 2 aliphatic heterocycles. The highest BCUT2D eigenvalue weighted by Gasteiger charge is 2.31. The zero-order valence-corrected chi connectivity index (χ0v) is 10.9. The minimum atomic E-state index is 0.147. The van der Waals surface area contributed by atoms with Crippen molar-refractivity contribution in [3.8, 4) is 0 Å². The van der Waals surface area contributed by atoms with Gasteiger partial charge in [-0.15, -0.1) is 0 Å². The molecule has 17 heavy (non-hydrogen) atoms. The highest BCUT2D eigenvalue weighted by atomic mass is 16.2. The Morgan fingerprint density at radius 3 is 2.53 bits per heavy atom. The zero-order valence-electron chi connectivity index (χ0n) is 10.9. The zero-order chi connectivity index (χ0) is 12.1. The van der Waals surface area contributed by atoms with Crippen LogP contribution in [0.1, 0.15) is 39.0 Å². The molecule has 2 amide bonds. The first-order chi connectivity index (χ1) is 8.26. The number of hydrogen-bond donors (Lipinski definition) is 2. The fraction of sp³-hybridized carbons (Fsp3) is 0.923. The molecule has 0 radical (unpaired) electrons. The topological polar surface area (TPSA) is 44.4 Å². The number of amides is 2. The Balaban J connectivity index is 1.80. The Morgan fingerprint density at radius 2 is 1.94 bits per heavy atom. The summed E-state index contributed by atoms with van der Waals surface area (Å²) in [6.07, 6.45) is 5.86. The lowest BCUT2D eigenvalue weighted by molar-refractivity contribution is 0.170. The maximum absolute atomic E-state index is 11.9. The van der Waals surface area contributed by atoms with Gasteiger partial charge in [0.25, 0.3) is 0 Å². The number of nitrogens with zero attached hydrogens (tertiary/aromatic N) is 1. The van der Waals surface area contributed by atoms with Crippen molar-refractivity contribution in [1.82, 2.24) is 15.5 Å². The molecule has 2 aliphatic rings. The Hall–Kier alpha value is -0.770. The smallest absolute Gasteiger partial charge is 0.317 e. The van der Waals surface area contributed by atoms with E-state index in [2.05, 4.69) is 17.6 Å². The number of likely N-dealkylation sites (tertiary alicyclic amines) is 1.